The Hall–Kier alpha value is -1.00. The Kier molecular flexibility index (Phi) is 3.85. The van der Waals surface area contributed by atoms with Crippen molar-refractivity contribution in [3.63, 3.8) is 0 Å². The van der Waals surface area contributed by atoms with Gasteiger partial charge in [0.25, 0.3) is 0 Å². The summed E-state index contributed by atoms with van der Waals surface area (Å²) in [6.07, 6.45) is -0.122. The molecule has 0 spiro atoms. The highest BCUT2D eigenvalue weighted by atomic mass is 32.2. The molecule has 0 aliphatic carbocycles. The van der Waals surface area contributed by atoms with Gasteiger partial charge < -0.3 is 9.47 Å². The Balaban J connectivity index is 1.96. The smallest absolute Gasteiger partial charge is 0.303 e. The molecule has 4 heteroatoms. The lowest BCUT2D eigenvalue weighted by molar-refractivity contribution is -0.146. The predicted molar refractivity (Wildman–Crippen MR) is 62.5 cm³/mol. The summed E-state index contributed by atoms with van der Waals surface area (Å²) in [5.74, 6) is -0.242. The molecular formula is C12H14O3S. The number of hydrogen-bond acceptors (Lipinski definition) is 4. The molecule has 0 radical (unpaired) electrons. The zero-order valence-corrected chi connectivity index (χ0v) is 9.91. The Morgan fingerprint density at radius 2 is 2.12 bits per heavy atom. The first kappa shape index (κ1) is 11.5. The summed E-state index contributed by atoms with van der Waals surface area (Å²) in [5.41, 5.74) is 0. The first-order valence-electron chi connectivity index (χ1n) is 5.22. The second kappa shape index (κ2) is 5.37. The molecule has 1 aliphatic heterocycles. The number of carbonyl (C=O) groups excluding carboxylic acids is 1. The van der Waals surface area contributed by atoms with E-state index in [4.69, 9.17) is 9.47 Å². The fourth-order valence-electron chi connectivity index (χ4n) is 1.62. The van der Waals surface area contributed by atoms with E-state index >= 15 is 0 Å². The van der Waals surface area contributed by atoms with E-state index in [2.05, 4.69) is 0 Å². The van der Waals surface area contributed by atoms with Gasteiger partial charge >= 0.3 is 5.97 Å². The Labute approximate surface area is 99.1 Å². The number of ether oxygens (including phenoxy) is 2. The van der Waals surface area contributed by atoms with E-state index in [0.29, 0.717) is 13.2 Å². The highest BCUT2D eigenvalue weighted by molar-refractivity contribution is 8.00. The van der Waals surface area contributed by atoms with Crippen molar-refractivity contribution < 1.29 is 14.3 Å². The molecule has 2 rings (SSSR count). The summed E-state index contributed by atoms with van der Waals surface area (Å²) in [4.78, 5) is 12.1. The average molecular weight is 238 g/mol. The second-order valence-corrected chi connectivity index (χ2v) is 4.97. The summed E-state index contributed by atoms with van der Waals surface area (Å²) in [6, 6.07) is 10.1. The maximum Gasteiger partial charge on any atom is 0.303 e. The highest BCUT2D eigenvalue weighted by Gasteiger charge is 2.31. The Bertz CT molecular complexity index is 353. The first-order valence-corrected chi connectivity index (χ1v) is 6.10. The van der Waals surface area contributed by atoms with Crippen molar-refractivity contribution in [2.24, 2.45) is 0 Å². The van der Waals surface area contributed by atoms with Crippen molar-refractivity contribution >= 4 is 17.7 Å². The van der Waals surface area contributed by atoms with Gasteiger partial charge in [0.05, 0.1) is 18.5 Å². The van der Waals surface area contributed by atoms with Crippen molar-refractivity contribution in [1.29, 1.82) is 0 Å². The molecule has 3 nitrogen and oxygen atoms in total. The van der Waals surface area contributed by atoms with Gasteiger partial charge in [0, 0.05) is 11.8 Å². The van der Waals surface area contributed by atoms with E-state index in [1.807, 2.05) is 30.3 Å². The van der Waals surface area contributed by atoms with E-state index in [1.54, 1.807) is 11.8 Å². The lowest BCUT2D eigenvalue weighted by atomic mass is 10.3. The van der Waals surface area contributed by atoms with E-state index in [1.165, 1.54) is 11.8 Å². The van der Waals surface area contributed by atoms with Crippen molar-refractivity contribution in [2.75, 3.05) is 13.2 Å². The molecule has 1 aromatic carbocycles. The van der Waals surface area contributed by atoms with Crippen molar-refractivity contribution in [3.8, 4) is 0 Å². The lowest BCUT2D eigenvalue weighted by Crippen LogP contribution is -2.26. The quantitative estimate of drug-likeness (QED) is 0.756. The topological polar surface area (TPSA) is 35.5 Å². The van der Waals surface area contributed by atoms with Gasteiger partial charge in [0.1, 0.15) is 6.10 Å². The molecule has 0 bridgehead atoms. The molecule has 1 aliphatic rings. The Morgan fingerprint density at radius 1 is 1.38 bits per heavy atom. The van der Waals surface area contributed by atoms with Crippen LogP contribution in [0.15, 0.2) is 35.2 Å². The molecule has 86 valence electrons. The molecule has 1 fully saturated rings. The van der Waals surface area contributed by atoms with Gasteiger partial charge in [0.2, 0.25) is 0 Å². The third kappa shape index (κ3) is 3.00. The summed E-state index contributed by atoms with van der Waals surface area (Å²) in [5, 5.41) is 0.200. The third-order valence-electron chi connectivity index (χ3n) is 2.33. The van der Waals surface area contributed by atoms with Crippen LogP contribution in [0.2, 0.25) is 0 Å². The molecule has 1 saturated heterocycles. The van der Waals surface area contributed by atoms with Crippen LogP contribution in [-0.2, 0) is 14.3 Å². The van der Waals surface area contributed by atoms with E-state index in [-0.39, 0.29) is 17.3 Å². The van der Waals surface area contributed by atoms with Gasteiger partial charge in [0.15, 0.2) is 0 Å². The van der Waals surface area contributed by atoms with E-state index in [9.17, 15) is 4.79 Å². The van der Waals surface area contributed by atoms with Crippen molar-refractivity contribution in [2.45, 2.75) is 23.2 Å². The van der Waals surface area contributed by atoms with Crippen LogP contribution in [0.5, 0.6) is 0 Å². The summed E-state index contributed by atoms with van der Waals surface area (Å²) >= 11 is 1.70. The van der Waals surface area contributed by atoms with Crippen LogP contribution < -0.4 is 0 Å². The number of esters is 1. The lowest BCUT2D eigenvalue weighted by Gasteiger charge is -2.16. The van der Waals surface area contributed by atoms with Crippen molar-refractivity contribution in [3.05, 3.63) is 30.3 Å². The fraction of sp³-hybridized carbons (Fsp3) is 0.417. The maximum absolute atomic E-state index is 10.9. The second-order valence-electron chi connectivity index (χ2n) is 3.65. The SMILES string of the molecule is CC(=O)O[C@@H]1COC[C@H]1Sc1ccccc1. The fourth-order valence-corrected chi connectivity index (χ4v) is 2.74. The number of benzene rings is 1. The molecule has 0 aromatic heterocycles. The summed E-state index contributed by atoms with van der Waals surface area (Å²) in [6.45, 7) is 2.57. The minimum atomic E-state index is -0.242. The van der Waals surface area contributed by atoms with Gasteiger partial charge in [-0.05, 0) is 12.1 Å². The molecule has 0 N–H and O–H groups in total. The molecule has 0 unspecified atom stereocenters. The van der Waals surface area contributed by atoms with Crippen LogP contribution >= 0.6 is 11.8 Å². The third-order valence-corrected chi connectivity index (χ3v) is 3.61. The highest BCUT2D eigenvalue weighted by Crippen LogP contribution is 2.30. The molecule has 2 atom stereocenters. The van der Waals surface area contributed by atoms with Crippen molar-refractivity contribution in [1.82, 2.24) is 0 Å². The molecule has 1 heterocycles. The van der Waals surface area contributed by atoms with Crippen LogP contribution in [0.3, 0.4) is 0 Å². The zero-order valence-electron chi connectivity index (χ0n) is 9.09. The summed E-state index contributed by atoms with van der Waals surface area (Å²) in [7, 11) is 0. The number of carbonyl (C=O) groups is 1. The zero-order chi connectivity index (χ0) is 11.4. The maximum atomic E-state index is 10.9. The van der Waals surface area contributed by atoms with Gasteiger partial charge in [-0.25, -0.2) is 0 Å². The average Bonchev–Trinajstić information content (AvgIpc) is 2.66. The molecule has 0 saturated carbocycles. The standard InChI is InChI=1S/C12H14O3S/c1-9(13)15-11-7-14-8-12(11)16-10-5-3-2-4-6-10/h2-6,11-12H,7-8H2,1H3/t11-,12-/m1/s1. The minimum absolute atomic E-state index is 0.122. The van der Waals surface area contributed by atoms with Gasteiger partial charge in [-0.15, -0.1) is 11.8 Å². The first-order chi connectivity index (χ1) is 7.75. The van der Waals surface area contributed by atoms with Gasteiger partial charge in [-0.1, -0.05) is 18.2 Å². The van der Waals surface area contributed by atoms with Gasteiger partial charge in [-0.2, -0.15) is 0 Å². The van der Waals surface area contributed by atoms with Crippen LogP contribution in [0.1, 0.15) is 6.92 Å². The number of rotatable bonds is 3. The van der Waals surface area contributed by atoms with Crippen LogP contribution in [0, 0.1) is 0 Å². The number of thioether (sulfide) groups is 1. The monoisotopic (exact) mass is 238 g/mol. The molecule has 0 amide bonds. The molecule has 1 aromatic rings. The molecule has 16 heavy (non-hydrogen) atoms. The largest absolute Gasteiger partial charge is 0.459 e. The van der Waals surface area contributed by atoms with Crippen LogP contribution in [-0.4, -0.2) is 30.5 Å². The van der Waals surface area contributed by atoms with Gasteiger partial charge in [-0.3, -0.25) is 4.79 Å². The Morgan fingerprint density at radius 3 is 2.81 bits per heavy atom. The normalized spacial score (nSPS) is 24.3. The minimum Gasteiger partial charge on any atom is -0.459 e. The number of hydrogen-bond donors (Lipinski definition) is 0. The van der Waals surface area contributed by atoms with E-state index < -0.39 is 0 Å². The predicted octanol–water partition coefficient (Wildman–Crippen LogP) is 2.11. The van der Waals surface area contributed by atoms with E-state index in [0.717, 1.165) is 0 Å². The van der Waals surface area contributed by atoms with Crippen LogP contribution in [0.4, 0.5) is 0 Å². The summed E-state index contributed by atoms with van der Waals surface area (Å²) < 4.78 is 10.6. The molecular weight excluding hydrogens is 224 g/mol. The van der Waals surface area contributed by atoms with Crippen LogP contribution in [0.25, 0.3) is 0 Å².